The number of rotatable bonds is 3. The third kappa shape index (κ3) is 2.20. The number of methoxy groups -OCH3 is 1. The fourth-order valence-corrected chi connectivity index (χ4v) is 2.15. The van der Waals surface area contributed by atoms with E-state index in [1.807, 2.05) is 18.7 Å². The molecule has 3 nitrogen and oxygen atoms in total. The lowest BCUT2D eigenvalue weighted by Gasteiger charge is -2.36. The Bertz CT molecular complexity index is 218. The van der Waals surface area contributed by atoms with E-state index < -0.39 is 0 Å². The number of carbonyl (C=O) groups excluding carboxylic acids is 1. The van der Waals surface area contributed by atoms with Crippen LogP contribution in [0.15, 0.2) is 0 Å². The van der Waals surface area contributed by atoms with Gasteiger partial charge in [-0.1, -0.05) is 0 Å². The van der Waals surface area contributed by atoms with Gasteiger partial charge in [0.2, 0.25) is 5.91 Å². The van der Waals surface area contributed by atoms with Gasteiger partial charge in [-0.2, -0.15) is 0 Å². The summed E-state index contributed by atoms with van der Waals surface area (Å²) < 4.78 is 5.41. The smallest absolute Gasteiger partial charge is 0.237 e. The molecule has 0 radical (unpaired) electrons. The van der Waals surface area contributed by atoms with Gasteiger partial charge in [-0.25, -0.2) is 0 Å². The first kappa shape index (κ1) is 11.8. The van der Waals surface area contributed by atoms with E-state index in [2.05, 4.69) is 0 Å². The molecule has 0 saturated carbocycles. The second-order valence-electron chi connectivity index (χ2n) is 4.19. The number of alkyl halides is 1. The Kier molecular flexibility index (Phi) is 3.78. The summed E-state index contributed by atoms with van der Waals surface area (Å²) in [4.78, 5) is 13.4. The minimum Gasteiger partial charge on any atom is -0.377 e. The van der Waals surface area contributed by atoms with E-state index in [0.717, 1.165) is 19.4 Å². The zero-order chi connectivity index (χ0) is 10.8. The Morgan fingerprint density at radius 2 is 2.29 bits per heavy atom. The van der Waals surface area contributed by atoms with Gasteiger partial charge >= 0.3 is 0 Å². The van der Waals surface area contributed by atoms with Gasteiger partial charge in [0.05, 0.1) is 11.6 Å². The molecule has 1 aliphatic heterocycles. The van der Waals surface area contributed by atoms with Crippen molar-refractivity contribution in [2.75, 3.05) is 19.5 Å². The summed E-state index contributed by atoms with van der Waals surface area (Å²) in [6, 6.07) is 0.166. The highest BCUT2D eigenvalue weighted by atomic mass is 35.5. The van der Waals surface area contributed by atoms with Crippen molar-refractivity contribution in [2.24, 2.45) is 0 Å². The van der Waals surface area contributed by atoms with Crippen molar-refractivity contribution in [3.8, 4) is 0 Å². The molecular weight excluding hydrogens is 202 g/mol. The molecule has 0 aromatic rings. The van der Waals surface area contributed by atoms with E-state index in [4.69, 9.17) is 16.3 Å². The van der Waals surface area contributed by atoms with Gasteiger partial charge in [0.1, 0.15) is 5.88 Å². The van der Waals surface area contributed by atoms with Crippen LogP contribution in [-0.4, -0.2) is 42.0 Å². The summed E-state index contributed by atoms with van der Waals surface area (Å²) in [5.74, 6) is 0.0790. The standard InChI is InChI=1S/C10H18ClNO2/c1-10(2,14-3)8-5-4-6-12(8)9(13)7-11/h8H,4-7H2,1-3H3/t8-/m0/s1. The molecule has 1 atom stereocenters. The van der Waals surface area contributed by atoms with Crippen LogP contribution < -0.4 is 0 Å². The fraction of sp³-hybridized carbons (Fsp3) is 0.900. The molecule has 0 N–H and O–H groups in total. The van der Waals surface area contributed by atoms with Crippen molar-refractivity contribution in [2.45, 2.75) is 38.3 Å². The highest BCUT2D eigenvalue weighted by molar-refractivity contribution is 6.27. The van der Waals surface area contributed by atoms with Gasteiger partial charge in [0.15, 0.2) is 0 Å². The van der Waals surface area contributed by atoms with Crippen LogP contribution in [0, 0.1) is 0 Å². The minimum absolute atomic E-state index is 0.0132. The van der Waals surface area contributed by atoms with Crippen LogP contribution >= 0.6 is 11.6 Å². The molecule has 1 fully saturated rings. The summed E-state index contributed by atoms with van der Waals surface area (Å²) in [6.45, 7) is 4.83. The first-order chi connectivity index (χ1) is 6.53. The van der Waals surface area contributed by atoms with Crippen LogP contribution in [0.2, 0.25) is 0 Å². The van der Waals surface area contributed by atoms with Crippen molar-refractivity contribution < 1.29 is 9.53 Å². The van der Waals surface area contributed by atoms with Crippen LogP contribution in [0.25, 0.3) is 0 Å². The monoisotopic (exact) mass is 219 g/mol. The third-order valence-corrected chi connectivity index (χ3v) is 3.24. The van der Waals surface area contributed by atoms with E-state index in [9.17, 15) is 4.79 Å². The van der Waals surface area contributed by atoms with Gasteiger partial charge in [-0.05, 0) is 26.7 Å². The van der Waals surface area contributed by atoms with Crippen LogP contribution in [0.4, 0.5) is 0 Å². The van der Waals surface area contributed by atoms with E-state index in [1.165, 1.54) is 0 Å². The number of ether oxygens (including phenoxy) is 1. The highest BCUT2D eigenvalue weighted by Crippen LogP contribution is 2.29. The molecule has 82 valence electrons. The van der Waals surface area contributed by atoms with Crippen molar-refractivity contribution in [3.63, 3.8) is 0 Å². The Morgan fingerprint density at radius 3 is 2.79 bits per heavy atom. The second-order valence-corrected chi connectivity index (χ2v) is 4.45. The summed E-state index contributed by atoms with van der Waals surface area (Å²) >= 11 is 5.56. The number of carbonyl (C=O) groups is 1. The Hall–Kier alpha value is -0.280. The molecule has 4 heteroatoms. The molecule has 0 spiro atoms. The van der Waals surface area contributed by atoms with Crippen molar-refractivity contribution in [3.05, 3.63) is 0 Å². The normalized spacial score (nSPS) is 22.9. The first-order valence-electron chi connectivity index (χ1n) is 4.93. The summed E-state index contributed by atoms with van der Waals surface area (Å²) in [6.07, 6.45) is 2.05. The third-order valence-electron chi connectivity index (χ3n) is 3.02. The maximum atomic E-state index is 11.5. The Labute approximate surface area is 90.4 Å². The van der Waals surface area contributed by atoms with Crippen molar-refractivity contribution in [1.29, 1.82) is 0 Å². The molecule has 14 heavy (non-hydrogen) atoms. The number of hydrogen-bond acceptors (Lipinski definition) is 2. The second kappa shape index (κ2) is 4.49. The molecule has 1 amide bonds. The van der Waals surface area contributed by atoms with Gasteiger partial charge < -0.3 is 9.64 Å². The molecule has 0 aliphatic carbocycles. The van der Waals surface area contributed by atoms with Crippen LogP contribution in [-0.2, 0) is 9.53 Å². The SMILES string of the molecule is COC(C)(C)[C@@H]1CCCN1C(=O)CCl. The molecule has 0 aromatic carbocycles. The van der Waals surface area contributed by atoms with Gasteiger partial charge in [0.25, 0.3) is 0 Å². The first-order valence-corrected chi connectivity index (χ1v) is 5.47. The number of amides is 1. The summed E-state index contributed by atoms with van der Waals surface area (Å²) in [5, 5.41) is 0. The van der Waals surface area contributed by atoms with E-state index in [0.29, 0.717) is 0 Å². The summed E-state index contributed by atoms with van der Waals surface area (Å²) in [5.41, 5.74) is -0.280. The van der Waals surface area contributed by atoms with E-state index >= 15 is 0 Å². The van der Waals surface area contributed by atoms with Gasteiger partial charge in [-0.3, -0.25) is 4.79 Å². The average Bonchev–Trinajstić information content (AvgIpc) is 2.65. The molecule has 0 bridgehead atoms. The molecule has 1 heterocycles. The predicted molar refractivity (Wildman–Crippen MR) is 56.5 cm³/mol. The number of nitrogens with zero attached hydrogens (tertiary/aromatic N) is 1. The van der Waals surface area contributed by atoms with Crippen LogP contribution in [0.3, 0.4) is 0 Å². The van der Waals surface area contributed by atoms with E-state index in [1.54, 1.807) is 7.11 Å². The topological polar surface area (TPSA) is 29.5 Å². The quantitative estimate of drug-likeness (QED) is 0.676. The van der Waals surface area contributed by atoms with Crippen molar-refractivity contribution in [1.82, 2.24) is 4.90 Å². The lowest BCUT2D eigenvalue weighted by molar-refractivity contribution is -0.135. The minimum atomic E-state index is -0.280. The average molecular weight is 220 g/mol. The highest BCUT2D eigenvalue weighted by Gasteiger charge is 2.39. The maximum Gasteiger partial charge on any atom is 0.237 e. The Balaban J connectivity index is 2.73. The fourth-order valence-electron chi connectivity index (χ4n) is 2.00. The van der Waals surface area contributed by atoms with Gasteiger partial charge in [0, 0.05) is 13.7 Å². The van der Waals surface area contributed by atoms with E-state index in [-0.39, 0.29) is 23.4 Å². The number of hydrogen-bond donors (Lipinski definition) is 0. The molecule has 1 aliphatic rings. The maximum absolute atomic E-state index is 11.5. The van der Waals surface area contributed by atoms with Crippen LogP contribution in [0.5, 0.6) is 0 Å². The van der Waals surface area contributed by atoms with Gasteiger partial charge in [-0.15, -0.1) is 11.6 Å². The molecule has 1 rings (SSSR count). The molecule has 1 saturated heterocycles. The molecular formula is C10H18ClNO2. The predicted octanol–water partition coefficient (Wildman–Crippen LogP) is 1.64. The van der Waals surface area contributed by atoms with Crippen LogP contribution in [0.1, 0.15) is 26.7 Å². The lowest BCUT2D eigenvalue weighted by atomic mass is 9.96. The zero-order valence-corrected chi connectivity index (χ0v) is 9.80. The zero-order valence-electron chi connectivity index (χ0n) is 9.05. The number of halogens is 1. The molecule has 0 aromatic heterocycles. The van der Waals surface area contributed by atoms with Crippen molar-refractivity contribution >= 4 is 17.5 Å². The largest absolute Gasteiger partial charge is 0.377 e. The molecule has 0 unspecified atom stereocenters. The summed E-state index contributed by atoms with van der Waals surface area (Å²) in [7, 11) is 1.68. The lowest BCUT2D eigenvalue weighted by Crippen LogP contribution is -2.49. The Morgan fingerprint density at radius 1 is 1.64 bits per heavy atom. The number of likely N-dealkylation sites (tertiary alicyclic amines) is 1.